The van der Waals surface area contributed by atoms with Crippen LogP contribution in [0.25, 0.3) is 0 Å². The smallest absolute Gasteiger partial charge is 0.308 e. The van der Waals surface area contributed by atoms with Gasteiger partial charge >= 0.3 is 5.97 Å². The number of carboxylic acids is 1. The number of aliphatic carboxylic acids is 1. The molecule has 0 radical (unpaired) electrons. The summed E-state index contributed by atoms with van der Waals surface area (Å²) in [6.45, 7) is 1.85. The molecule has 0 aliphatic heterocycles. The second-order valence-corrected chi connectivity index (χ2v) is 4.96. The van der Waals surface area contributed by atoms with Gasteiger partial charge in [-0.05, 0) is 24.1 Å². The molecule has 0 bridgehead atoms. The average molecular weight is 297 g/mol. The van der Waals surface area contributed by atoms with E-state index >= 15 is 0 Å². The number of amides is 1. The highest BCUT2D eigenvalue weighted by Crippen LogP contribution is 2.08. The van der Waals surface area contributed by atoms with Crippen molar-refractivity contribution in [2.45, 2.75) is 19.8 Å². The van der Waals surface area contributed by atoms with Crippen LogP contribution in [0.15, 0.2) is 24.3 Å². The van der Waals surface area contributed by atoms with Crippen LogP contribution >= 0.6 is 0 Å². The molecule has 2 N–H and O–H groups in total. The summed E-state index contributed by atoms with van der Waals surface area (Å²) < 4.78 is 12.8. The summed E-state index contributed by atoms with van der Waals surface area (Å²) in [5.41, 5.74) is 0.665. The van der Waals surface area contributed by atoms with Gasteiger partial charge in [0, 0.05) is 19.7 Å². The highest BCUT2D eigenvalue weighted by Gasteiger charge is 2.20. The molecule has 6 heteroatoms. The first-order chi connectivity index (χ1) is 9.93. The number of nitrogens with zero attached hydrogens (tertiary/aromatic N) is 1. The number of carboxylic acid groups (broad SMARTS) is 1. The Bertz CT molecular complexity index is 475. The molecule has 0 fully saturated rings. The standard InChI is InChI=1S/C15H20FNO4/c1-11(15(20)21)10-17(7-2-8-18)14(19)9-12-3-5-13(16)6-4-12/h3-6,11,18H,2,7-10H2,1H3,(H,20,21). The van der Waals surface area contributed by atoms with Crippen LogP contribution in [-0.2, 0) is 16.0 Å². The Morgan fingerprint density at radius 1 is 1.29 bits per heavy atom. The van der Waals surface area contributed by atoms with Gasteiger partial charge in [-0.2, -0.15) is 0 Å². The van der Waals surface area contributed by atoms with E-state index in [0.29, 0.717) is 18.5 Å². The lowest BCUT2D eigenvalue weighted by Gasteiger charge is -2.24. The monoisotopic (exact) mass is 297 g/mol. The van der Waals surface area contributed by atoms with Crippen LogP contribution in [0.4, 0.5) is 4.39 Å². The van der Waals surface area contributed by atoms with Crippen molar-refractivity contribution in [3.05, 3.63) is 35.6 Å². The maximum atomic E-state index is 12.8. The molecule has 21 heavy (non-hydrogen) atoms. The number of halogens is 1. The van der Waals surface area contributed by atoms with E-state index < -0.39 is 11.9 Å². The maximum absolute atomic E-state index is 12.8. The van der Waals surface area contributed by atoms with Gasteiger partial charge in [0.05, 0.1) is 12.3 Å². The number of hydrogen-bond donors (Lipinski definition) is 2. The fraction of sp³-hybridized carbons (Fsp3) is 0.467. The first-order valence-corrected chi connectivity index (χ1v) is 6.80. The first-order valence-electron chi connectivity index (χ1n) is 6.80. The highest BCUT2D eigenvalue weighted by atomic mass is 19.1. The lowest BCUT2D eigenvalue weighted by molar-refractivity contribution is -0.143. The summed E-state index contributed by atoms with van der Waals surface area (Å²) >= 11 is 0. The summed E-state index contributed by atoms with van der Waals surface area (Å²) in [6.07, 6.45) is 0.472. The van der Waals surface area contributed by atoms with E-state index in [-0.39, 0.29) is 31.3 Å². The lowest BCUT2D eigenvalue weighted by atomic mass is 10.1. The molecule has 0 saturated heterocycles. The molecular formula is C15H20FNO4. The van der Waals surface area contributed by atoms with Gasteiger partial charge in [-0.25, -0.2) is 4.39 Å². The zero-order valence-corrected chi connectivity index (χ0v) is 12.0. The molecule has 1 atom stereocenters. The molecule has 0 aliphatic carbocycles. The molecule has 0 aliphatic rings. The molecule has 1 aromatic carbocycles. The zero-order chi connectivity index (χ0) is 15.8. The van der Waals surface area contributed by atoms with E-state index in [4.69, 9.17) is 10.2 Å². The number of rotatable bonds is 8. The van der Waals surface area contributed by atoms with E-state index in [9.17, 15) is 14.0 Å². The van der Waals surface area contributed by atoms with E-state index in [1.165, 1.54) is 36.1 Å². The van der Waals surface area contributed by atoms with Gasteiger partial charge < -0.3 is 15.1 Å². The van der Waals surface area contributed by atoms with Crippen LogP contribution < -0.4 is 0 Å². The lowest BCUT2D eigenvalue weighted by Crippen LogP contribution is -2.38. The third-order valence-corrected chi connectivity index (χ3v) is 3.12. The first kappa shape index (κ1) is 17.1. The third kappa shape index (κ3) is 5.91. The number of carbonyl (C=O) groups excluding carboxylic acids is 1. The van der Waals surface area contributed by atoms with E-state index in [2.05, 4.69) is 0 Å². The molecule has 116 valence electrons. The molecule has 0 heterocycles. The van der Waals surface area contributed by atoms with Crippen molar-refractivity contribution in [3.8, 4) is 0 Å². The van der Waals surface area contributed by atoms with Crippen LogP contribution in [0.2, 0.25) is 0 Å². The van der Waals surface area contributed by atoms with Crippen LogP contribution in [-0.4, -0.2) is 46.7 Å². The maximum Gasteiger partial charge on any atom is 0.308 e. The number of hydrogen-bond acceptors (Lipinski definition) is 3. The second kappa shape index (κ2) is 8.36. The highest BCUT2D eigenvalue weighted by molar-refractivity contribution is 5.79. The number of aliphatic hydroxyl groups excluding tert-OH is 1. The number of aliphatic hydroxyl groups is 1. The number of carbonyl (C=O) groups is 2. The zero-order valence-electron chi connectivity index (χ0n) is 12.0. The summed E-state index contributed by atoms with van der Waals surface area (Å²) in [5, 5.41) is 17.8. The number of benzene rings is 1. The quantitative estimate of drug-likeness (QED) is 0.758. The van der Waals surface area contributed by atoms with Crippen LogP contribution in [0.5, 0.6) is 0 Å². The third-order valence-electron chi connectivity index (χ3n) is 3.12. The minimum Gasteiger partial charge on any atom is -0.481 e. The summed E-state index contributed by atoms with van der Waals surface area (Å²) in [5.74, 6) is -2.26. The van der Waals surface area contributed by atoms with E-state index in [1.807, 2.05) is 0 Å². The Kier molecular flexibility index (Phi) is 6.81. The van der Waals surface area contributed by atoms with Gasteiger partial charge in [0.2, 0.25) is 5.91 Å². The van der Waals surface area contributed by atoms with Crippen molar-refractivity contribution in [2.24, 2.45) is 5.92 Å². The second-order valence-electron chi connectivity index (χ2n) is 4.96. The van der Waals surface area contributed by atoms with Gasteiger partial charge in [0.1, 0.15) is 5.82 Å². The van der Waals surface area contributed by atoms with Crippen molar-refractivity contribution in [3.63, 3.8) is 0 Å². The van der Waals surface area contributed by atoms with Crippen molar-refractivity contribution in [2.75, 3.05) is 19.7 Å². The van der Waals surface area contributed by atoms with Crippen LogP contribution in [0, 0.1) is 11.7 Å². The largest absolute Gasteiger partial charge is 0.481 e. The van der Waals surface area contributed by atoms with Crippen molar-refractivity contribution >= 4 is 11.9 Å². The fourth-order valence-electron chi connectivity index (χ4n) is 1.88. The Labute approximate surface area is 123 Å². The summed E-state index contributed by atoms with van der Waals surface area (Å²) in [4.78, 5) is 24.5. The molecule has 0 saturated carbocycles. The Morgan fingerprint density at radius 3 is 2.43 bits per heavy atom. The normalized spacial score (nSPS) is 12.0. The average Bonchev–Trinajstić information content (AvgIpc) is 2.45. The predicted molar refractivity (Wildman–Crippen MR) is 75.2 cm³/mol. The molecular weight excluding hydrogens is 277 g/mol. The van der Waals surface area contributed by atoms with Crippen LogP contribution in [0.1, 0.15) is 18.9 Å². The van der Waals surface area contributed by atoms with Crippen molar-refractivity contribution in [1.82, 2.24) is 4.90 Å². The van der Waals surface area contributed by atoms with E-state index in [0.717, 1.165) is 0 Å². The minimum atomic E-state index is -0.974. The van der Waals surface area contributed by atoms with Gasteiger partial charge in [0.15, 0.2) is 0 Å². The molecule has 1 unspecified atom stereocenters. The van der Waals surface area contributed by atoms with Gasteiger partial charge in [-0.3, -0.25) is 9.59 Å². The van der Waals surface area contributed by atoms with Gasteiger partial charge in [-0.15, -0.1) is 0 Å². The Hall–Kier alpha value is -1.95. The molecule has 5 nitrogen and oxygen atoms in total. The fourth-order valence-corrected chi connectivity index (χ4v) is 1.88. The topological polar surface area (TPSA) is 77.8 Å². The summed E-state index contributed by atoms with van der Waals surface area (Å²) in [6, 6.07) is 5.61. The molecule has 1 rings (SSSR count). The Morgan fingerprint density at radius 2 is 1.90 bits per heavy atom. The molecule has 0 aromatic heterocycles. The Balaban J connectivity index is 2.69. The van der Waals surface area contributed by atoms with E-state index in [1.54, 1.807) is 0 Å². The molecule has 0 spiro atoms. The SMILES string of the molecule is CC(CN(CCCO)C(=O)Cc1ccc(F)cc1)C(=O)O. The molecule has 1 amide bonds. The van der Waals surface area contributed by atoms with Crippen LogP contribution in [0.3, 0.4) is 0 Å². The van der Waals surface area contributed by atoms with Gasteiger partial charge in [-0.1, -0.05) is 19.1 Å². The predicted octanol–water partition coefficient (Wildman–Crippen LogP) is 1.30. The minimum absolute atomic E-state index is 0.0677. The van der Waals surface area contributed by atoms with Gasteiger partial charge in [0.25, 0.3) is 0 Å². The van der Waals surface area contributed by atoms with Crippen molar-refractivity contribution < 1.29 is 24.2 Å². The summed E-state index contributed by atoms with van der Waals surface area (Å²) in [7, 11) is 0. The van der Waals surface area contributed by atoms with Crippen molar-refractivity contribution in [1.29, 1.82) is 0 Å². The molecule has 1 aromatic rings.